The third kappa shape index (κ3) is 0.926. The topological polar surface area (TPSA) is 40.5 Å². The molecule has 0 aromatic carbocycles. The van der Waals surface area contributed by atoms with Gasteiger partial charge in [-0.3, -0.25) is 0 Å². The fourth-order valence-corrected chi connectivity index (χ4v) is 2.84. The second-order valence-electron chi connectivity index (χ2n) is 4.05. The fraction of sp³-hybridized carbons (Fsp3) is 1.00. The largest absolute Gasteiger partial charge is 0.392 e. The zero-order valence-corrected chi connectivity index (χ0v) is 6.79. The van der Waals surface area contributed by atoms with E-state index in [1.807, 2.05) is 0 Å². The number of hydrogen-bond donors (Lipinski definition) is 2. The monoisotopic (exact) mass is 156 g/mol. The van der Waals surface area contributed by atoms with E-state index in [1.54, 1.807) is 0 Å². The zero-order chi connectivity index (χ0) is 7.90. The van der Waals surface area contributed by atoms with Gasteiger partial charge in [0.25, 0.3) is 0 Å². The van der Waals surface area contributed by atoms with Gasteiger partial charge in [0.05, 0.1) is 12.2 Å². The predicted molar refractivity (Wildman–Crippen MR) is 42.1 cm³/mol. The predicted octanol–water partition coefficient (Wildman–Crippen LogP) is 1.06. The molecule has 0 aromatic heterocycles. The van der Waals surface area contributed by atoms with Crippen LogP contribution in [0.4, 0.5) is 0 Å². The summed E-state index contributed by atoms with van der Waals surface area (Å²) in [5, 5.41) is 19.4. The van der Waals surface area contributed by atoms with Gasteiger partial charge in [0, 0.05) is 5.41 Å². The lowest BCUT2D eigenvalue weighted by atomic mass is 9.80. The van der Waals surface area contributed by atoms with Crippen LogP contribution in [0.2, 0.25) is 0 Å². The van der Waals surface area contributed by atoms with Crippen molar-refractivity contribution in [2.45, 2.75) is 50.7 Å². The van der Waals surface area contributed by atoms with Gasteiger partial charge >= 0.3 is 0 Å². The van der Waals surface area contributed by atoms with Gasteiger partial charge in [0.15, 0.2) is 0 Å². The lowest BCUT2D eigenvalue weighted by Gasteiger charge is -2.31. The first-order valence-corrected chi connectivity index (χ1v) is 4.62. The molecule has 0 bridgehead atoms. The highest BCUT2D eigenvalue weighted by atomic mass is 16.3. The molecule has 64 valence electrons. The molecule has 3 atom stereocenters. The van der Waals surface area contributed by atoms with Gasteiger partial charge in [0.2, 0.25) is 0 Å². The third-order valence-corrected chi connectivity index (χ3v) is 3.57. The molecule has 11 heavy (non-hydrogen) atoms. The fourth-order valence-electron chi connectivity index (χ4n) is 2.84. The van der Waals surface area contributed by atoms with Gasteiger partial charge in [-0.15, -0.1) is 0 Å². The van der Waals surface area contributed by atoms with Gasteiger partial charge in [-0.25, -0.2) is 0 Å². The Kier molecular flexibility index (Phi) is 1.69. The molecule has 2 saturated carbocycles. The summed E-state index contributed by atoms with van der Waals surface area (Å²) in [6.07, 6.45) is 5.62. The van der Waals surface area contributed by atoms with Crippen molar-refractivity contribution < 1.29 is 10.2 Å². The molecule has 2 N–H and O–H groups in total. The van der Waals surface area contributed by atoms with Crippen LogP contribution in [0.15, 0.2) is 0 Å². The van der Waals surface area contributed by atoms with E-state index in [0.717, 1.165) is 38.5 Å². The molecule has 0 heterocycles. The van der Waals surface area contributed by atoms with E-state index in [2.05, 4.69) is 0 Å². The van der Waals surface area contributed by atoms with E-state index in [-0.39, 0.29) is 17.6 Å². The Labute approximate surface area is 67.2 Å². The lowest BCUT2D eigenvalue weighted by molar-refractivity contribution is -0.0299. The van der Waals surface area contributed by atoms with Crippen LogP contribution in [-0.4, -0.2) is 22.4 Å². The molecular weight excluding hydrogens is 140 g/mol. The zero-order valence-electron chi connectivity index (χ0n) is 6.79. The van der Waals surface area contributed by atoms with E-state index < -0.39 is 0 Å². The SMILES string of the molecule is OC1CCCC12CCC[C@@H]2O. The normalized spacial score (nSPS) is 50.7. The molecule has 2 unspecified atom stereocenters. The highest BCUT2D eigenvalue weighted by molar-refractivity contribution is 5.00. The second-order valence-corrected chi connectivity index (χ2v) is 4.05. The minimum atomic E-state index is -0.222. The Hall–Kier alpha value is -0.0800. The maximum atomic E-state index is 9.69. The smallest absolute Gasteiger partial charge is 0.0621 e. The van der Waals surface area contributed by atoms with Crippen molar-refractivity contribution in [1.29, 1.82) is 0 Å². The lowest BCUT2D eigenvalue weighted by Crippen LogP contribution is -2.37. The van der Waals surface area contributed by atoms with Crippen molar-refractivity contribution in [3.63, 3.8) is 0 Å². The molecule has 2 aliphatic rings. The molecule has 2 heteroatoms. The van der Waals surface area contributed by atoms with Gasteiger partial charge < -0.3 is 10.2 Å². The van der Waals surface area contributed by atoms with Crippen molar-refractivity contribution in [2.75, 3.05) is 0 Å². The van der Waals surface area contributed by atoms with Crippen molar-refractivity contribution in [3.05, 3.63) is 0 Å². The van der Waals surface area contributed by atoms with Gasteiger partial charge in [-0.05, 0) is 25.7 Å². The van der Waals surface area contributed by atoms with Crippen LogP contribution < -0.4 is 0 Å². The summed E-state index contributed by atoms with van der Waals surface area (Å²) >= 11 is 0. The highest BCUT2D eigenvalue weighted by Crippen LogP contribution is 2.50. The Morgan fingerprint density at radius 2 is 1.36 bits per heavy atom. The van der Waals surface area contributed by atoms with Crippen LogP contribution in [0, 0.1) is 5.41 Å². The molecule has 2 nitrogen and oxygen atoms in total. The van der Waals surface area contributed by atoms with E-state index >= 15 is 0 Å². The summed E-state index contributed by atoms with van der Waals surface area (Å²) in [5.74, 6) is 0. The van der Waals surface area contributed by atoms with Crippen molar-refractivity contribution in [3.8, 4) is 0 Å². The van der Waals surface area contributed by atoms with Crippen LogP contribution in [0.3, 0.4) is 0 Å². The van der Waals surface area contributed by atoms with Gasteiger partial charge in [-0.1, -0.05) is 12.8 Å². The average molecular weight is 156 g/mol. The minimum Gasteiger partial charge on any atom is -0.392 e. The minimum absolute atomic E-state index is 0.0833. The summed E-state index contributed by atoms with van der Waals surface area (Å²) in [5.41, 5.74) is -0.0833. The van der Waals surface area contributed by atoms with Gasteiger partial charge in [-0.2, -0.15) is 0 Å². The van der Waals surface area contributed by atoms with Crippen molar-refractivity contribution in [1.82, 2.24) is 0 Å². The first-order chi connectivity index (χ1) is 5.26. The molecule has 2 aliphatic carbocycles. The molecular formula is C9H16O2. The number of aliphatic hydroxyl groups is 2. The first kappa shape index (κ1) is 7.56. The maximum absolute atomic E-state index is 9.69. The summed E-state index contributed by atoms with van der Waals surface area (Å²) < 4.78 is 0. The molecule has 0 aliphatic heterocycles. The summed E-state index contributed by atoms with van der Waals surface area (Å²) in [6, 6.07) is 0. The average Bonchev–Trinajstić information content (AvgIpc) is 2.48. The van der Waals surface area contributed by atoms with E-state index in [1.165, 1.54) is 0 Å². The highest BCUT2D eigenvalue weighted by Gasteiger charge is 2.49. The molecule has 2 rings (SSSR count). The third-order valence-electron chi connectivity index (χ3n) is 3.57. The summed E-state index contributed by atoms with van der Waals surface area (Å²) in [7, 11) is 0. The van der Waals surface area contributed by atoms with E-state index in [4.69, 9.17) is 0 Å². The standard InChI is InChI=1S/C9H16O2/c10-7-3-1-5-9(7)6-2-4-8(9)11/h7-8,10-11H,1-6H2/t7-,8?,9?/m0/s1. The van der Waals surface area contributed by atoms with Crippen LogP contribution in [0.25, 0.3) is 0 Å². The molecule has 0 saturated heterocycles. The van der Waals surface area contributed by atoms with Crippen LogP contribution >= 0.6 is 0 Å². The van der Waals surface area contributed by atoms with Crippen LogP contribution in [0.5, 0.6) is 0 Å². The summed E-state index contributed by atoms with van der Waals surface area (Å²) in [6.45, 7) is 0. The molecule has 0 radical (unpaired) electrons. The Morgan fingerprint density at radius 3 is 1.64 bits per heavy atom. The number of aliphatic hydroxyl groups excluding tert-OH is 2. The Balaban J connectivity index is 2.19. The van der Waals surface area contributed by atoms with E-state index in [9.17, 15) is 10.2 Å². The Morgan fingerprint density at radius 1 is 0.909 bits per heavy atom. The maximum Gasteiger partial charge on any atom is 0.0621 e. The molecule has 0 aromatic rings. The second kappa shape index (κ2) is 2.46. The van der Waals surface area contributed by atoms with Crippen molar-refractivity contribution in [2.24, 2.45) is 5.41 Å². The quantitative estimate of drug-likeness (QED) is 0.550. The van der Waals surface area contributed by atoms with E-state index in [0.29, 0.717) is 0 Å². The summed E-state index contributed by atoms with van der Waals surface area (Å²) in [4.78, 5) is 0. The van der Waals surface area contributed by atoms with Crippen LogP contribution in [0.1, 0.15) is 38.5 Å². The van der Waals surface area contributed by atoms with Crippen LogP contribution in [-0.2, 0) is 0 Å². The first-order valence-electron chi connectivity index (χ1n) is 4.62. The van der Waals surface area contributed by atoms with Gasteiger partial charge in [0.1, 0.15) is 0 Å². The number of hydrogen-bond acceptors (Lipinski definition) is 2. The molecule has 1 spiro atoms. The molecule has 0 amide bonds. The molecule has 2 fully saturated rings. The number of rotatable bonds is 0. The van der Waals surface area contributed by atoms with Crippen molar-refractivity contribution >= 4 is 0 Å². The Bertz CT molecular complexity index is 138.